The standard InChI is InChI=1S/C24H17NO5/c1-29-17-6-4-5-15(13-17)25-21(14-9-11-16(26)12-10-14)20-22(27)18-7-2-3-8-19(18)30-23(20)24(25)28/h2-13,21,26H,1H3. The Morgan fingerprint density at radius 2 is 1.73 bits per heavy atom. The van der Waals surface area contributed by atoms with Crippen LogP contribution < -0.4 is 15.1 Å². The van der Waals surface area contributed by atoms with Gasteiger partial charge in [-0.1, -0.05) is 30.3 Å². The van der Waals surface area contributed by atoms with E-state index >= 15 is 0 Å². The number of anilines is 1. The number of carbonyl (C=O) groups is 1. The molecule has 1 atom stereocenters. The lowest BCUT2D eigenvalue weighted by Crippen LogP contribution is -2.29. The van der Waals surface area contributed by atoms with Gasteiger partial charge in [-0.2, -0.15) is 0 Å². The van der Waals surface area contributed by atoms with Crippen LogP contribution in [-0.4, -0.2) is 18.1 Å². The van der Waals surface area contributed by atoms with Crippen molar-refractivity contribution in [2.24, 2.45) is 0 Å². The second-order valence-electron chi connectivity index (χ2n) is 7.04. The second kappa shape index (κ2) is 6.77. The predicted octanol–water partition coefficient (Wildman–Crippen LogP) is 4.26. The van der Waals surface area contributed by atoms with Gasteiger partial charge in [0.15, 0.2) is 5.43 Å². The van der Waals surface area contributed by atoms with Gasteiger partial charge < -0.3 is 14.3 Å². The number of rotatable bonds is 3. The van der Waals surface area contributed by atoms with Crippen molar-refractivity contribution in [2.75, 3.05) is 12.0 Å². The number of nitrogens with zero attached hydrogens (tertiary/aromatic N) is 1. The minimum atomic E-state index is -0.693. The Morgan fingerprint density at radius 3 is 2.50 bits per heavy atom. The van der Waals surface area contributed by atoms with Crippen molar-refractivity contribution in [3.05, 3.63) is 99.9 Å². The molecule has 5 rings (SSSR count). The number of aromatic hydroxyl groups is 1. The van der Waals surface area contributed by atoms with Crippen molar-refractivity contribution in [3.8, 4) is 11.5 Å². The lowest BCUT2D eigenvalue weighted by atomic mass is 9.98. The minimum Gasteiger partial charge on any atom is -0.508 e. The van der Waals surface area contributed by atoms with Crippen molar-refractivity contribution in [1.29, 1.82) is 0 Å². The molecule has 6 nitrogen and oxygen atoms in total. The highest BCUT2D eigenvalue weighted by Gasteiger charge is 2.43. The van der Waals surface area contributed by atoms with E-state index in [1.807, 2.05) is 0 Å². The Bertz CT molecular complexity index is 1340. The number of amides is 1. The SMILES string of the molecule is COc1cccc(N2C(=O)c3oc4ccccc4c(=O)c3C2c2ccc(O)cc2)c1. The second-order valence-corrected chi connectivity index (χ2v) is 7.04. The van der Waals surface area contributed by atoms with Gasteiger partial charge in [-0.15, -0.1) is 0 Å². The first-order valence-corrected chi connectivity index (χ1v) is 9.41. The molecule has 0 radical (unpaired) electrons. The maximum Gasteiger partial charge on any atom is 0.295 e. The Balaban J connectivity index is 1.80. The maximum absolute atomic E-state index is 13.4. The number of methoxy groups -OCH3 is 1. The van der Waals surface area contributed by atoms with E-state index in [-0.39, 0.29) is 22.5 Å². The van der Waals surface area contributed by atoms with Crippen molar-refractivity contribution in [2.45, 2.75) is 6.04 Å². The van der Waals surface area contributed by atoms with Crippen LogP contribution in [0.5, 0.6) is 11.5 Å². The third-order valence-electron chi connectivity index (χ3n) is 5.32. The molecule has 1 amide bonds. The van der Waals surface area contributed by atoms with Crippen LogP contribution in [0.4, 0.5) is 5.69 Å². The lowest BCUT2D eigenvalue weighted by Gasteiger charge is -2.25. The summed E-state index contributed by atoms with van der Waals surface area (Å²) in [7, 11) is 1.55. The Hall–Kier alpha value is -4.06. The van der Waals surface area contributed by atoms with Crippen LogP contribution in [0.1, 0.15) is 27.7 Å². The highest BCUT2D eigenvalue weighted by atomic mass is 16.5. The zero-order valence-electron chi connectivity index (χ0n) is 16.0. The van der Waals surface area contributed by atoms with Crippen molar-refractivity contribution in [3.63, 3.8) is 0 Å². The average Bonchev–Trinajstić information content (AvgIpc) is 3.07. The first-order valence-electron chi connectivity index (χ1n) is 9.41. The third kappa shape index (κ3) is 2.65. The van der Waals surface area contributed by atoms with Crippen molar-refractivity contribution >= 4 is 22.6 Å². The molecule has 3 aromatic carbocycles. The van der Waals surface area contributed by atoms with Gasteiger partial charge in [-0.3, -0.25) is 14.5 Å². The van der Waals surface area contributed by atoms with Crippen LogP contribution in [0.15, 0.2) is 82.0 Å². The molecule has 1 aliphatic heterocycles. The molecule has 1 aliphatic rings. The molecular formula is C24H17NO5. The Kier molecular flexibility index (Phi) is 4.06. The number of phenolic OH excluding ortho intramolecular Hbond substituents is 1. The number of phenols is 1. The van der Waals surface area contributed by atoms with E-state index in [0.29, 0.717) is 28.0 Å². The molecule has 4 aromatic rings. The van der Waals surface area contributed by atoms with E-state index < -0.39 is 11.9 Å². The summed E-state index contributed by atoms with van der Waals surface area (Å²) in [5.74, 6) is 0.311. The fourth-order valence-electron chi connectivity index (χ4n) is 3.92. The number of benzene rings is 3. The summed E-state index contributed by atoms with van der Waals surface area (Å²) in [6.45, 7) is 0. The molecule has 0 saturated carbocycles. The Labute approximate surface area is 171 Å². The summed E-state index contributed by atoms with van der Waals surface area (Å²) < 4.78 is 11.2. The van der Waals surface area contributed by atoms with E-state index in [2.05, 4.69) is 0 Å². The quantitative estimate of drug-likeness (QED) is 0.557. The molecule has 1 aromatic heterocycles. The summed E-state index contributed by atoms with van der Waals surface area (Å²) in [6, 6.07) is 19.7. The molecule has 0 spiro atoms. The topological polar surface area (TPSA) is 80.0 Å². The first kappa shape index (κ1) is 18.0. The molecule has 0 aliphatic carbocycles. The average molecular weight is 399 g/mol. The van der Waals surface area contributed by atoms with Crippen LogP contribution in [0, 0.1) is 0 Å². The smallest absolute Gasteiger partial charge is 0.295 e. The highest BCUT2D eigenvalue weighted by molar-refractivity contribution is 6.10. The fraction of sp³-hybridized carbons (Fsp3) is 0.0833. The third-order valence-corrected chi connectivity index (χ3v) is 5.32. The van der Waals surface area contributed by atoms with Crippen LogP contribution >= 0.6 is 0 Å². The monoisotopic (exact) mass is 399 g/mol. The summed E-state index contributed by atoms with van der Waals surface area (Å²) in [5.41, 5.74) is 1.67. The van der Waals surface area contributed by atoms with E-state index in [1.54, 1.807) is 67.8 Å². The summed E-state index contributed by atoms with van der Waals surface area (Å²) in [4.78, 5) is 28.4. The van der Waals surface area contributed by atoms with E-state index in [0.717, 1.165) is 0 Å². The molecule has 6 heteroatoms. The van der Waals surface area contributed by atoms with Crippen LogP contribution in [0.2, 0.25) is 0 Å². The summed E-state index contributed by atoms with van der Waals surface area (Å²) in [6.07, 6.45) is 0. The molecule has 2 heterocycles. The van der Waals surface area contributed by atoms with E-state index in [9.17, 15) is 14.7 Å². The number of para-hydroxylation sites is 1. The molecular weight excluding hydrogens is 382 g/mol. The molecule has 0 bridgehead atoms. The molecule has 0 fully saturated rings. The Morgan fingerprint density at radius 1 is 0.967 bits per heavy atom. The van der Waals surface area contributed by atoms with Gasteiger partial charge in [0.1, 0.15) is 17.1 Å². The number of carbonyl (C=O) groups excluding carboxylic acids is 1. The molecule has 148 valence electrons. The summed E-state index contributed by atoms with van der Waals surface area (Å²) >= 11 is 0. The number of hydrogen-bond donors (Lipinski definition) is 1. The van der Waals surface area contributed by atoms with Gasteiger partial charge in [-0.05, 0) is 42.0 Å². The van der Waals surface area contributed by atoms with Gasteiger partial charge in [0.05, 0.1) is 24.1 Å². The largest absolute Gasteiger partial charge is 0.508 e. The number of fused-ring (bicyclic) bond motifs is 2. The van der Waals surface area contributed by atoms with Crippen molar-refractivity contribution in [1.82, 2.24) is 0 Å². The summed E-state index contributed by atoms with van der Waals surface area (Å²) in [5, 5.41) is 10.1. The maximum atomic E-state index is 13.4. The minimum absolute atomic E-state index is 0.0274. The zero-order chi connectivity index (χ0) is 20.8. The van der Waals surface area contributed by atoms with Crippen LogP contribution in [0.3, 0.4) is 0 Å². The zero-order valence-corrected chi connectivity index (χ0v) is 16.0. The molecule has 1 unspecified atom stereocenters. The molecule has 1 N–H and O–H groups in total. The lowest BCUT2D eigenvalue weighted by molar-refractivity contribution is 0.0971. The van der Waals surface area contributed by atoms with Crippen LogP contribution in [0.25, 0.3) is 11.0 Å². The van der Waals surface area contributed by atoms with Gasteiger partial charge in [-0.25, -0.2) is 0 Å². The van der Waals surface area contributed by atoms with Gasteiger partial charge in [0.2, 0.25) is 5.76 Å². The number of hydrogen-bond acceptors (Lipinski definition) is 5. The van der Waals surface area contributed by atoms with Crippen molar-refractivity contribution < 1.29 is 19.1 Å². The predicted molar refractivity (Wildman–Crippen MR) is 112 cm³/mol. The van der Waals surface area contributed by atoms with Gasteiger partial charge in [0, 0.05) is 11.8 Å². The van der Waals surface area contributed by atoms with Gasteiger partial charge >= 0.3 is 0 Å². The van der Waals surface area contributed by atoms with E-state index in [1.165, 1.54) is 17.0 Å². The normalized spacial score (nSPS) is 15.4. The van der Waals surface area contributed by atoms with E-state index in [4.69, 9.17) is 9.15 Å². The highest BCUT2D eigenvalue weighted by Crippen LogP contribution is 2.42. The number of ether oxygens (including phenoxy) is 1. The van der Waals surface area contributed by atoms with Crippen LogP contribution in [-0.2, 0) is 0 Å². The first-order chi connectivity index (χ1) is 14.6. The van der Waals surface area contributed by atoms with Gasteiger partial charge in [0.25, 0.3) is 5.91 Å². The fourth-order valence-corrected chi connectivity index (χ4v) is 3.92. The molecule has 0 saturated heterocycles. The molecule has 30 heavy (non-hydrogen) atoms.